The predicted octanol–water partition coefficient (Wildman–Crippen LogP) is 2.31. The average molecular weight is 234 g/mol. The quantitative estimate of drug-likeness (QED) is 0.814. The predicted molar refractivity (Wildman–Crippen MR) is 70.9 cm³/mol. The zero-order valence-electron chi connectivity index (χ0n) is 11.6. The van der Waals surface area contributed by atoms with Crippen LogP contribution in [0, 0.1) is 20.8 Å². The van der Waals surface area contributed by atoms with Crippen LogP contribution < -0.4 is 5.43 Å². The van der Waals surface area contributed by atoms with Gasteiger partial charge in [-0.25, -0.2) is 5.01 Å². The molecule has 0 saturated carbocycles. The third-order valence-electron chi connectivity index (χ3n) is 3.08. The van der Waals surface area contributed by atoms with Gasteiger partial charge in [0.2, 0.25) is 5.91 Å². The summed E-state index contributed by atoms with van der Waals surface area (Å²) in [4.78, 5) is 11.9. The number of amides is 1. The van der Waals surface area contributed by atoms with Gasteiger partial charge >= 0.3 is 0 Å². The van der Waals surface area contributed by atoms with Crippen molar-refractivity contribution in [1.29, 1.82) is 0 Å². The van der Waals surface area contributed by atoms with Crippen molar-refractivity contribution in [1.82, 2.24) is 10.4 Å². The van der Waals surface area contributed by atoms with Crippen LogP contribution in [0.5, 0.6) is 0 Å². The van der Waals surface area contributed by atoms with E-state index in [1.807, 2.05) is 21.0 Å². The van der Waals surface area contributed by atoms with Crippen LogP contribution in [0.4, 0.5) is 0 Å². The molecule has 1 aromatic rings. The molecule has 3 heteroatoms. The summed E-state index contributed by atoms with van der Waals surface area (Å²) < 4.78 is 0. The molecule has 17 heavy (non-hydrogen) atoms. The number of aryl methyl sites for hydroxylation is 3. The van der Waals surface area contributed by atoms with Crippen molar-refractivity contribution in [2.45, 2.75) is 33.6 Å². The van der Waals surface area contributed by atoms with Gasteiger partial charge < -0.3 is 0 Å². The molecule has 1 rings (SSSR count). The maximum atomic E-state index is 11.9. The molecular formula is C14H22N2O. The lowest BCUT2D eigenvalue weighted by molar-refractivity contribution is -0.126. The molecule has 1 unspecified atom stereocenters. The Labute approximate surface area is 104 Å². The first-order valence-electron chi connectivity index (χ1n) is 5.88. The SMILES string of the molecule is Cc1cc(C)c(C(C)C(=O)NN(C)C)cc1C. The van der Waals surface area contributed by atoms with Gasteiger partial charge in [-0.1, -0.05) is 12.1 Å². The van der Waals surface area contributed by atoms with Crippen LogP contribution in [0.3, 0.4) is 0 Å². The van der Waals surface area contributed by atoms with Gasteiger partial charge in [-0.05, 0) is 49.9 Å². The normalized spacial score (nSPS) is 12.6. The first-order valence-corrected chi connectivity index (χ1v) is 5.88. The summed E-state index contributed by atoms with van der Waals surface area (Å²) in [6.45, 7) is 8.17. The van der Waals surface area contributed by atoms with E-state index in [4.69, 9.17) is 0 Å². The number of nitrogens with one attached hydrogen (secondary N) is 1. The van der Waals surface area contributed by atoms with Crippen molar-refractivity contribution in [3.63, 3.8) is 0 Å². The summed E-state index contributed by atoms with van der Waals surface area (Å²) in [6, 6.07) is 4.26. The number of hydrazine groups is 1. The van der Waals surface area contributed by atoms with Gasteiger partial charge in [0.05, 0.1) is 5.92 Å². The van der Waals surface area contributed by atoms with Crippen LogP contribution >= 0.6 is 0 Å². The molecule has 0 bridgehead atoms. The standard InChI is InChI=1S/C14H22N2O/c1-9-7-11(3)13(8-10(9)2)12(4)14(17)15-16(5)6/h7-8,12H,1-6H3,(H,15,17). The van der Waals surface area contributed by atoms with Crippen LogP contribution in [-0.4, -0.2) is 25.0 Å². The van der Waals surface area contributed by atoms with Crippen molar-refractivity contribution in [3.8, 4) is 0 Å². The Kier molecular flexibility index (Phi) is 4.29. The fourth-order valence-electron chi connectivity index (χ4n) is 1.91. The number of benzene rings is 1. The van der Waals surface area contributed by atoms with E-state index >= 15 is 0 Å². The first-order chi connectivity index (χ1) is 7.82. The van der Waals surface area contributed by atoms with E-state index in [1.54, 1.807) is 5.01 Å². The van der Waals surface area contributed by atoms with E-state index < -0.39 is 0 Å². The minimum Gasteiger partial charge on any atom is -0.289 e. The maximum absolute atomic E-state index is 11.9. The summed E-state index contributed by atoms with van der Waals surface area (Å²) in [7, 11) is 3.63. The van der Waals surface area contributed by atoms with Gasteiger partial charge in [-0.2, -0.15) is 0 Å². The average Bonchev–Trinajstić information content (AvgIpc) is 2.21. The number of carbonyl (C=O) groups excluding carboxylic acids is 1. The Hall–Kier alpha value is -1.35. The van der Waals surface area contributed by atoms with Crippen LogP contribution in [0.2, 0.25) is 0 Å². The van der Waals surface area contributed by atoms with E-state index in [0.29, 0.717) is 0 Å². The third-order valence-corrected chi connectivity index (χ3v) is 3.08. The maximum Gasteiger partial charge on any atom is 0.241 e. The van der Waals surface area contributed by atoms with E-state index in [-0.39, 0.29) is 11.8 Å². The first kappa shape index (κ1) is 13.7. The van der Waals surface area contributed by atoms with Crippen molar-refractivity contribution in [2.24, 2.45) is 0 Å². The monoisotopic (exact) mass is 234 g/mol. The molecule has 0 aromatic heterocycles. The Morgan fingerprint density at radius 2 is 1.65 bits per heavy atom. The largest absolute Gasteiger partial charge is 0.289 e. The Bertz CT molecular complexity index is 424. The molecule has 0 saturated heterocycles. The highest BCUT2D eigenvalue weighted by Gasteiger charge is 2.18. The molecule has 0 radical (unpaired) electrons. The van der Waals surface area contributed by atoms with E-state index in [0.717, 1.165) is 5.56 Å². The lowest BCUT2D eigenvalue weighted by Gasteiger charge is -2.19. The molecule has 0 heterocycles. The molecule has 1 atom stereocenters. The number of carbonyl (C=O) groups is 1. The van der Waals surface area contributed by atoms with Crippen molar-refractivity contribution in [3.05, 3.63) is 34.4 Å². The summed E-state index contributed by atoms with van der Waals surface area (Å²) in [5.41, 5.74) is 7.58. The van der Waals surface area contributed by atoms with Gasteiger partial charge in [0, 0.05) is 14.1 Å². The van der Waals surface area contributed by atoms with E-state index in [2.05, 4.69) is 38.3 Å². The highest BCUT2D eigenvalue weighted by atomic mass is 16.2. The van der Waals surface area contributed by atoms with Gasteiger partial charge in [0.1, 0.15) is 0 Å². The second-order valence-corrected chi connectivity index (χ2v) is 4.89. The number of hydrogen-bond acceptors (Lipinski definition) is 2. The van der Waals surface area contributed by atoms with E-state index in [9.17, 15) is 4.79 Å². The number of nitrogens with zero attached hydrogens (tertiary/aromatic N) is 1. The molecular weight excluding hydrogens is 212 g/mol. The molecule has 0 fully saturated rings. The zero-order chi connectivity index (χ0) is 13.2. The third kappa shape index (κ3) is 3.30. The molecule has 0 aliphatic carbocycles. The van der Waals surface area contributed by atoms with Crippen molar-refractivity contribution in [2.75, 3.05) is 14.1 Å². The summed E-state index contributed by atoms with van der Waals surface area (Å²) in [5, 5.41) is 1.68. The van der Waals surface area contributed by atoms with Gasteiger partial charge in [0.25, 0.3) is 0 Å². The van der Waals surface area contributed by atoms with Crippen molar-refractivity contribution < 1.29 is 4.79 Å². The van der Waals surface area contributed by atoms with Crippen LogP contribution in [-0.2, 0) is 4.79 Å². The molecule has 1 N–H and O–H groups in total. The Balaban J connectivity index is 3.00. The highest BCUT2D eigenvalue weighted by Crippen LogP contribution is 2.23. The summed E-state index contributed by atoms with van der Waals surface area (Å²) in [5.74, 6) is -0.0990. The minimum absolute atomic E-state index is 0.0290. The summed E-state index contributed by atoms with van der Waals surface area (Å²) in [6.07, 6.45) is 0. The topological polar surface area (TPSA) is 32.3 Å². The van der Waals surface area contributed by atoms with Crippen LogP contribution in [0.1, 0.15) is 35.1 Å². The van der Waals surface area contributed by atoms with Gasteiger partial charge in [-0.15, -0.1) is 0 Å². The van der Waals surface area contributed by atoms with Crippen molar-refractivity contribution >= 4 is 5.91 Å². The Morgan fingerprint density at radius 1 is 1.12 bits per heavy atom. The molecule has 0 aliphatic heterocycles. The second-order valence-electron chi connectivity index (χ2n) is 4.89. The Morgan fingerprint density at radius 3 is 2.18 bits per heavy atom. The second kappa shape index (κ2) is 5.32. The molecule has 1 amide bonds. The van der Waals surface area contributed by atoms with Gasteiger partial charge in [-0.3, -0.25) is 10.2 Å². The smallest absolute Gasteiger partial charge is 0.241 e. The zero-order valence-corrected chi connectivity index (χ0v) is 11.6. The lowest BCUT2D eigenvalue weighted by atomic mass is 9.92. The van der Waals surface area contributed by atoms with Crippen LogP contribution in [0.15, 0.2) is 12.1 Å². The molecule has 3 nitrogen and oxygen atoms in total. The molecule has 94 valence electrons. The van der Waals surface area contributed by atoms with Crippen LogP contribution in [0.25, 0.3) is 0 Å². The molecule has 0 spiro atoms. The highest BCUT2D eigenvalue weighted by molar-refractivity contribution is 5.83. The fraction of sp³-hybridized carbons (Fsp3) is 0.500. The number of hydrogen-bond donors (Lipinski definition) is 1. The summed E-state index contributed by atoms with van der Waals surface area (Å²) >= 11 is 0. The lowest BCUT2D eigenvalue weighted by Crippen LogP contribution is -2.38. The molecule has 1 aromatic carbocycles. The van der Waals surface area contributed by atoms with Gasteiger partial charge in [0.15, 0.2) is 0 Å². The molecule has 0 aliphatic rings. The fourth-order valence-corrected chi connectivity index (χ4v) is 1.91. The number of rotatable bonds is 3. The minimum atomic E-state index is -0.128. The van der Waals surface area contributed by atoms with E-state index in [1.165, 1.54) is 16.7 Å².